The van der Waals surface area contributed by atoms with Gasteiger partial charge in [-0.2, -0.15) is 5.10 Å². The van der Waals surface area contributed by atoms with Crippen molar-refractivity contribution < 1.29 is 4.39 Å². The zero-order valence-corrected chi connectivity index (χ0v) is 19.4. The first kappa shape index (κ1) is 22.4. The summed E-state index contributed by atoms with van der Waals surface area (Å²) in [4.78, 5) is 8.76. The normalized spacial score (nSPS) is 14.8. The van der Waals surface area contributed by atoms with E-state index in [9.17, 15) is 4.39 Å². The molecule has 0 spiro atoms. The minimum atomic E-state index is -0.157. The summed E-state index contributed by atoms with van der Waals surface area (Å²) in [7, 11) is 3.79. The number of hydrogen-bond donors (Lipinski definition) is 1. The molecule has 28 heavy (non-hydrogen) atoms. The van der Waals surface area contributed by atoms with Gasteiger partial charge in [0, 0.05) is 52.5 Å². The molecule has 3 rings (SSSR count). The largest absolute Gasteiger partial charge is 0.366 e. The molecule has 0 saturated carbocycles. The fraction of sp³-hybridized carbons (Fsp3) is 0.500. The van der Waals surface area contributed by atoms with Crippen molar-refractivity contribution in [3.05, 3.63) is 47.0 Å². The number of aryl methyl sites for hydroxylation is 2. The Morgan fingerprint density at radius 2 is 1.86 bits per heavy atom. The van der Waals surface area contributed by atoms with Gasteiger partial charge in [0.25, 0.3) is 0 Å². The van der Waals surface area contributed by atoms with E-state index in [2.05, 4.69) is 39.1 Å². The zero-order valence-electron chi connectivity index (χ0n) is 17.1. The van der Waals surface area contributed by atoms with Crippen LogP contribution in [-0.4, -0.2) is 60.4 Å². The summed E-state index contributed by atoms with van der Waals surface area (Å²) < 4.78 is 15.9. The van der Waals surface area contributed by atoms with Crippen LogP contribution in [0.3, 0.4) is 0 Å². The second kappa shape index (κ2) is 10.1. The molecule has 8 heteroatoms. The number of para-hydroxylation sites is 1. The van der Waals surface area contributed by atoms with Crippen LogP contribution < -0.4 is 10.2 Å². The number of nitrogens with one attached hydrogen (secondary N) is 1. The van der Waals surface area contributed by atoms with Crippen molar-refractivity contribution in [2.75, 3.05) is 44.7 Å². The van der Waals surface area contributed by atoms with Crippen LogP contribution in [0, 0.1) is 19.7 Å². The van der Waals surface area contributed by atoms with Crippen molar-refractivity contribution in [1.29, 1.82) is 0 Å². The van der Waals surface area contributed by atoms with Gasteiger partial charge in [-0.15, -0.1) is 24.0 Å². The van der Waals surface area contributed by atoms with Gasteiger partial charge < -0.3 is 15.1 Å². The van der Waals surface area contributed by atoms with Crippen LogP contribution in [-0.2, 0) is 13.5 Å². The fourth-order valence-electron chi connectivity index (χ4n) is 3.68. The molecule has 1 aromatic carbocycles. The summed E-state index contributed by atoms with van der Waals surface area (Å²) in [5, 5.41) is 7.94. The SMILES string of the molecule is CN=C(NCCc1c(C)nn(C)c1C)N1CCN(c2ccccc2F)CC1.I. The Morgan fingerprint density at radius 3 is 2.43 bits per heavy atom. The third-order valence-corrected chi connectivity index (χ3v) is 5.30. The first-order chi connectivity index (χ1) is 13.0. The highest BCUT2D eigenvalue weighted by atomic mass is 127. The van der Waals surface area contributed by atoms with Crippen LogP contribution in [0.1, 0.15) is 17.0 Å². The maximum absolute atomic E-state index is 14.0. The van der Waals surface area contributed by atoms with Crippen LogP contribution >= 0.6 is 24.0 Å². The molecule has 2 heterocycles. The zero-order chi connectivity index (χ0) is 19.4. The molecule has 2 aromatic rings. The van der Waals surface area contributed by atoms with E-state index in [1.807, 2.05) is 30.9 Å². The third kappa shape index (κ3) is 4.95. The number of hydrogen-bond acceptors (Lipinski definition) is 3. The molecule has 0 atom stereocenters. The van der Waals surface area contributed by atoms with E-state index in [1.54, 1.807) is 6.07 Å². The molecule has 0 radical (unpaired) electrons. The molecule has 1 fully saturated rings. The minimum Gasteiger partial charge on any atom is -0.366 e. The summed E-state index contributed by atoms with van der Waals surface area (Å²) in [6, 6.07) is 6.97. The molecule has 1 aliphatic rings. The number of anilines is 1. The van der Waals surface area contributed by atoms with Crippen LogP contribution in [0.2, 0.25) is 0 Å². The first-order valence-corrected chi connectivity index (χ1v) is 9.45. The van der Waals surface area contributed by atoms with Gasteiger partial charge in [0.05, 0.1) is 11.4 Å². The maximum Gasteiger partial charge on any atom is 0.193 e. The molecule has 154 valence electrons. The Labute approximate surface area is 183 Å². The summed E-state index contributed by atoms with van der Waals surface area (Å²) >= 11 is 0. The maximum atomic E-state index is 14.0. The molecule has 6 nitrogen and oxygen atoms in total. The first-order valence-electron chi connectivity index (χ1n) is 9.45. The third-order valence-electron chi connectivity index (χ3n) is 5.30. The molecule has 0 unspecified atom stereocenters. The second-order valence-corrected chi connectivity index (χ2v) is 6.92. The highest BCUT2D eigenvalue weighted by molar-refractivity contribution is 14.0. The van der Waals surface area contributed by atoms with E-state index in [4.69, 9.17) is 0 Å². The van der Waals surface area contributed by atoms with E-state index < -0.39 is 0 Å². The van der Waals surface area contributed by atoms with Gasteiger partial charge in [-0.3, -0.25) is 9.67 Å². The second-order valence-electron chi connectivity index (χ2n) is 6.92. The number of aliphatic imine (C=N–C) groups is 1. The molecule has 1 saturated heterocycles. The number of halogens is 2. The predicted octanol–water partition coefficient (Wildman–Crippen LogP) is 2.73. The van der Waals surface area contributed by atoms with E-state index in [0.29, 0.717) is 5.69 Å². The summed E-state index contributed by atoms with van der Waals surface area (Å²) in [5.41, 5.74) is 4.28. The summed E-state index contributed by atoms with van der Waals surface area (Å²) in [6.07, 6.45) is 0.916. The molecule has 0 amide bonds. The van der Waals surface area contributed by atoms with E-state index in [1.165, 1.54) is 17.3 Å². The average Bonchev–Trinajstić information content (AvgIpc) is 2.92. The van der Waals surface area contributed by atoms with Crippen molar-refractivity contribution >= 4 is 35.6 Å². The van der Waals surface area contributed by atoms with Crippen LogP contribution in [0.25, 0.3) is 0 Å². The van der Waals surface area contributed by atoms with Gasteiger partial charge in [0.2, 0.25) is 0 Å². The number of rotatable bonds is 4. The Bertz CT molecular complexity index is 811. The smallest absolute Gasteiger partial charge is 0.193 e. The predicted molar refractivity (Wildman–Crippen MR) is 123 cm³/mol. The quantitative estimate of drug-likeness (QED) is 0.399. The molecule has 0 aliphatic carbocycles. The molecule has 0 bridgehead atoms. The lowest BCUT2D eigenvalue weighted by Crippen LogP contribution is -2.53. The van der Waals surface area contributed by atoms with Gasteiger partial charge >= 0.3 is 0 Å². The van der Waals surface area contributed by atoms with Crippen LogP contribution in [0.4, 0.5) is 10.1 Å². The standard InChI is InChI=1S/C20H29FN6.HI/c1-15-17(16(2)25(4)24-15)9-10-23-20(22-3)27-13-11-26(12-14-27)19-8-6-5-7-18(19)21;/h5-8H,9-14H2,1-4H3,(H,22,23);1H. The Balaban J connectivity index is 0.00000280. The molecule has 1 aromatic heterocycles. The number of benzene rings is 1. The average molecular weight is 500 g/mol. The van der Waals surface area contributed by atoms with Gasteiger partial charge in [-0.25, -0.2) is 4.39 Å². The van der Waals surface area contributed by atoms with Gasteiger partial charge in [-0.1, -0.05) is 12.1 Å². The van der Waals surface area contributed by atoms with E-state index in [-0.39, 0.29) is 29.8 Å². The lowest BCUT2D eigenvalue weighted by molar-refractivity contribution is 0.371. The molecular formula is C20H30FIN6. The van der Waals surface area contributed by atoms with Crippen molar-refractivity contribution in [1.82, 2.24) is 20.0 Å². The molecule has 1 aliphatic heterocycles. The highest BCUT2D eigenvalue weighted by Gasteiger charge is 2.21. The van der Waals surface area contributed by atoms with Gasteiger partial charge in [-0.05, 0) is 38.0 Å². The minimum absolute atomic E-state index is 0. The molecular weight excluding hydrogens is 470 g/mol. The Morgan fingerprint density at radius 1 is 1.18 bits per heavy atom. The number of nitrogens with zero attached hydrogens (tertiary/aromatic N) is 5. The highest BCUT2D eigenvalue weighted by Crippen LogP contribution is 2.20. The lowest BCUT2D eigenvalue weighted by Gasteiger charge is -2.37. The van der Waals surface area contributed by atoms with E-state index >= 15 is 0 Å². The lowest BCUT2D eigenvalue weighted by atomic mass is 10.1. The van der Waals surface area contributed by atoms with E-state index in [0.717, 1.165) is 50.8 Å². The Kier molecular flexibility index (Phi) is 8.09. The van der Waals surface area contributed by atoms with Crippen molar-refractivity contribution in [3.63, 3.8) is 0 Å². The molecule has 1 N–H and O–H groups in total. The Hall–Kier alpha value is -1.84. The number of guanidine groups is 1. The van der Waals surface area contributed by atoms with Crippen molar-refractivity contribution in [2.24, 2.45) is 12.0 Å². The van der Waals surface area contributed by atoms with Crippen molar-refractivity contribution in [3.8, 4) is 0 Å². The van der Waals surface area contributed by atoms with Gasteiger partial charge in [0.1, 0.15) is 5.82 Å². The van der Waals surface area contributed by atoms with Crippen molar-refractivity contribution in [2.45, 2.75) is 20.3 Å². The monoisotopic (exact) mass is 500 g/mol. The van der Waals surface area contributed by atoms with Gasteiger partial charge in [0.15, 0.2) is 5.96 Å². The number of aromatic nitrogens is 2. The topological polar surface area (TPSA) is 48.7 Å². The van der Waals surface area contributed by atoms with Crippen LogP contribution in [0.5, 0.6) is 0 Å². The van der Waals surface area contributed by atoms with Crippen LogP contribution in [0.15, 0.2) is 29.3 Å². The summed E-state index contributed by atoms with van der Waals surface area (Å²) in [6.45, 7) is 8.17. The summed E-state index contributed by atoms with van der Waals surface area (Å²) in [5.74, 6) is 0.748. The number of piperazine rings is 1. The fourth-order valence-corrected chi connectivity index (χ4v) is 3.68.